The molecule has 0 aliphatic heterocycles. The highest BCUT2D eigenvalue weighted by Crippen LogP contribution is 2.24. The third-order valence-corrected chi connectivity index (χ3v) is 3.35. The number of hydrogen-bond donors (Lipinski definition) is 1. The number of hydrogen-bond acceptors (Lipinski definition) is 2. The standard InChI is InChI=1S/C9H13BrN2O2/c1-4-7(9(13)14)12-6(3)8(10)5(2)11-12/h7H,4H2,1-3H3,(H,13,14). The third-order valence-electron chi connectivity index (χ3n) is 2.20. The summed E-state index contributed by atoms with van der Waals surface area (Å²) in [5.41, 5.74) is 1.68. The Balaban J connectivity index is 3.17. The smallest absolute Gasteiger partial charge is 0.328 e. The van der Waals surface area contributed by atoms with E-state index in [2.05, 4.69) is 21.0 Å². The molecule has 0 fully saturated rings. The fourth-order valence-electron chi connectivity index (χ4n) is 1.40. The van der Waals surface area contributed by atoms with Crippen LogP contribution in [0.4, 0.5) is 0 Å². The molecular weight excluding hydrogens is 248 g/mol. The van der Waals surface area contributed by atoms with Crippen molar-refractivity contribution in [3.63, 3.8) is 0 Å². The maximum absolute atomic E-state index is 10.9. The molecule has 1 rings (SSSR count). The van der Waals surface area contributed by atoms with Gasteiger partial charge in [0.25, 0.3) is 0 Å². The van der Waals surface area contributed by atoms with Gasteiger partial charge in [0.2, 0.25) is 0 Å². The fourth-order valence-corrected chi connectivity index (χ4v) is 1.66. The molecule has 1 unspecified atom stereocenters. The number of nitrogens with zero attached hydrogens (tertiary/aromatic N) is 2. The number of carboxylic acid groups (broad SMARTS) is 1. The molecule has 1 heterocycles. The molecule has 0 aliphatic carbocycles. The molecule has 1 N–H and O–H groups in total. The van der Waals surface area contributed by atoms with Gasteiger partial charge in [-0.2, -0.15) is 5.10 Å². The molecule has 5 heteroatoms. The lowest BCUT2D eigenvalue weighted by Gasteiger charge is -2.12. The van der Waals surface area contributed by atoms with Crippen LogP contribution in [-0.4, -0.2) is 20.9 Å². The molecule has 0 radical (unpaired) electrons. The van der Waals surface area contributed by atoms with Crippen molar-refractivity contribution in [2.45, 2.75) is 33.2 Å². The number of rotatable bonds is 3. The summed E-state index contributed by atoms with van der Waals surface area (Å²) in [6, 6.07) is -0.569. The molecule has 0 aliphatic rings. The largest absolute Gasteiger partial charge is 0.480 e. The molecule has 4 nitrogen and oxygen atoms in total. The van der Waals surface area contributed by atoms with E-state index in [9.17, 15) is 4.79 Å². The van der Waals surface area contributed by atoms with Gasteiger partial charge in [0, 0.05) is 0 Å². The van der Waals surface area contributed by atoms with Crippen molar-refractivity contribution in [1.82, 2.24) is 9.78 Å². The third kappa shape index (κ3) is 1.82. The second-order valence-electron chi connectivity index (χ2n) is 3.19. The minimum absolute atomic E-state index is 0.531. The molecule has 78 valence electrons. The van der Waals surface area contributed by atoms with Crippen LogP contribution < -0.4 is 0 Å². The van der Waals surface area contributed by atoms with E-state index < -0.39 is 12.0 Å². The first kappa shape index (κ1) is 11.2. The second-order valence-corrected chi connectivity index (χ2v) is 3.98. The molecular formula is C9H13BrN2O2. The van der Waals surface area contributed by atoms with Gasteiger partial charge in [-0.1, -0.05) is 6.92 Å². The van der Waals surface area contributed by atoms with Crippen molar-refractivity contribution in [2.24, 2.45) is 0 Å². The summed E-state index contributed by atoms with van der Waals surface area (Å²) < 4.78 is 2.44. The monoisotopic (exact) mass is 260 g/mol. The van der Waals surface area contributed by atoms with E-state index in [4.69, 9.17) is 5.11 Å². The van der Waals surface area contributed by atoms with Crippen molar-refractivity contribution in [3.05, 3.63) is 15.9 Å². The predicted octanol–water partition coefficient (Wildman–Crippen LogP) is 2.30. The number of carboxylic acids is 1. The number of aromatic nitrogens is 2. The zero-order valence-electron chi connectivity index (χ0n) is 8.41. The van der Waals surface area contributed by atoms with Gasteiger partial charge in [-0.05, 0) is 36.2 Å². The second kappa shape index (κ2) is 4.13. The maximum atomic E-state index is 10.9. The van der Waals surface area contributed by atoms with Crippen LogP contribution in [0.1, 0.15) is 30.8 Å². The molecule has 0 aromatic carbocycles. The number of aliphatic carboxylic acids is 1. The van der Waals surface area contributed by atoms with Crippen molar-refractivity contribution in [3.8, 4) is 0 Å². The number of carbonyl (C=O) groups is 1. The molecule has 0 bridgehead atoms. The minimum atomic E-state index is -0.842. The maximum Gasteiger partial charge on any atom is 0.328 e. The Morgan fingerprint density at radius 2 is 2.21 bits per heavy atom. The highest BCUT2D eigenvalue weighted by Gasteiger charge is 2.21. The lowest BCUT2D eigenvalue weighted by molar-refractivity contribution is -0.141. The van der Waals surface area contributed by atoms with Crippen molar-refractivity contribution in [2.75, 3.05) is 0 Å². The highest BCUT2D eigenvalue weighted by molar-refractivity contribution is 9.10. The number of aryl methyl sites for hydroxylation is 1. The van der Waals surface area contributed by atoms with Gasteiger partial charge in [-0.25, -0.2) is 4.79 Å². The van der Waals surface area contributed by atoms with Gasteiger partial charge < -0.3 is 5.11 Å². The van der Waals surface area contributed by atoms with E-state index in [1.54, 1.807) is 4.68 Å². The van der Waals surface area contributed by atoms with Crippen LogP contribution in [0.3, 0.4) is 0 Å². The van der Waals surface area contributed by atoms with Gasteiger partial charge in [-0.3, -0.25) is 4.68 Å². The minimum Gasteiger partial charge on any atom is -0.480 e. The fraction of sp³-hybridized carbons (Fsp3) is 0.556. The lowest BCUT2D eigenvalue weighted by Crippen LogP contribution is -2.20. The molecule has 1 atom stereocenters. The van der Waals surface area contributed by atoms with Crippen LogP contribution in [-0.2, 0) is 4.79 Å². The van der Waals surface area contributed by atoms with Gasteiger partial charge in [0.1, 0.15) is 6.04 Å². The first-order valence-corrected chi connectivity index (χ1v) is 5.22. The molecule has 1 aromatic heterocycles. The van der Waals surface area contributed by atoms with Crippen molar-refractivity contribution in [1.29, 1.82) is 0 Å². The summed E-state index contributed by atoms with van der Waals surface area (Å²) in [6.07, 6.45) is 0.531. The van der Waals surface area contributed by atoms with Crippen molar-refractivity contribution >= 4 is 21.9 Å². The highest BCUT2D eigenvalue weighted by atomic mass is 79.9. The first-order chi connectivity index (χ1) is 6.49. The molecule has 0 saturated heterocycles. The van der Waals surface area contributed by atoms with E-state index in [1.165, 1.54) is 0 Å². The Bertz CT molecular complexity index is 360. The summed E-state index contributed by atoms with van der Waals surface area (Å²) in [5, 5.41) is 13.2. The van der Waals surface area contributed by atoms with E-state index in [0.717, 1.165) is 15.9 Å². The van der Waals surface area contributed by atoms with Crippen LogP contribution in [0.5, 0.6) is 0 Å². The van der Waals surface area contributed by atoms with Crippen LogP contribution in [0.25, 0.3) is 0 Å². The zero-order valence-corrected chi connectivity index (χ0v) is 10.00. The Labute approximate surface area is 91.1 Å². The predicted molar refractivity (Wildman–Crippen MR) is 56.4 cm³/mol. The van der Waals surface area contributed by atoms with E-state index in [1.807, 2.05) is 20.8 Å². The molecule has 0 amide bonds. The Kier molecular flexibility index (Phi) is 3.31. The van der Waals surface area contributed by atoms with Gasteiger partial charge >= 0.3 is 5.97 Å². The topological polar surface area (TPSA) is 55.1 Å². The van der Waals surface area contributed by atoms with Gasteiger partial charge in [-0.15, -0.1) is 0 Å². The SMILES string of the molecule is CCC(C(=O)O)n1nc(C)c(Br)c1C. The van der Waals surface area contributed by atoms with Crippen LogP contribution >= 0.6 is 15.9 Å². The quantitative estimate of drug-likeness (QED) is 0.908. The van der Waals surface area contributed by atoms with Crippen LogP contribution in [0, 0.1) is 13.8 Å². The summed E-state index contributed by atoms with van der Waals surface area (Å²) in [5.74, 6) is -0.842. The Morgan fingerprint density at radius 1 is 1.64 bits per heavy atom. The van der Waals surface area contributed by atoms with E-state index >= 15 is 0 Å². The summed E-state index contributed by atoms with van der Waals surface area (Å²) in [6.45, 7) is 5.54. The van der Waals surface area contributed by atoms with Gasteiger partial charge in [0.15, 0.2) is 0 Å². The lowest BCUT2D eigenvalue weighted by atomic mass is 10.2. The van der Waals surface area contributed by atoms with Crippen LogP contribution in [0.2, 0.25) is 0 Å². The van der Waals surface area contributed by atoms with Crippen LogP contribution in [0.15, 0.2) is 4.47 Å². The molecule has 1 aromatic rings. The molecule has 0 saturated carbocycles. The van der Waals surface area contributed by atoms with E-state index in [0.29, 0.717) is 6.42 Å². The number of halogens is 1. The van der Waals surface area contributed by atoms with Gasteiger partial charge in [0.05, 0.1) is 15.9 Å². The average Bonchev–Trinajstić information content (AvgIpc) is 2.35. The van der Waals surface area contributed by atoms with Crippen molar-refractivity contribution < 1.29 is 9.90 Å². The zero-order chi connectivity index (χ0) is 10.9. The Hall–Kier alpha value is -0.840. The molecule has 14 heavy (non-hydrogen) atoms. The molecule has 0 spiro atoms. The van der Waals surface area contributed by atoms with E-state index in [-0.39, 0.29) is 0 Å². The Morgan fingerprint density at radius 3 is 2.50 bits per heavy atom. The summed E-state index contributed by atoms with van der Waals surface area (Å²) >= 11 is 3.37. The normalized spacial score (nSPS) is 12.9. The average molecular weight is 261 g/mol. The summed E-state index contributed by atoms with van der Waals surface area (Å²) in [4.78, 5) is 10.9. The summed E-state index contributed by atoms with van der Waals surface area (Å²) in [7, 11) is 0. The first-order valence-electron chi connectivity index (χ1n) is 4.43.